The van der Waals surface area contributed by atoms with Crippen molar-refractivity contribution in [3.63, 3.8) is 0 Å². The summed E-state index contributed by atoms with van der Waals surface area (Å²) in [7, 11) is 0. The lowest BCUT2D eigenvalue weighted by molar-refractivity contribution is 0.112. The SMILES string of the molecule is O=Cc1ccc(F)c(NC(=O)OCc2ccccc2)c1. The number of benzene rings is 2. The van der Waals surface area contributed by atoms with Crippen LogP contribution in [0.2, 0.25) is 0 Å². The van der Waals surface area contributed by atoms with E-state index < -0.39 is 11.9 Å². The largest absolute Gasteiger partial charge is 0.444 e. The summed E-state index contributed by atoms with van der Waals surface area (Å²) >= 11 is 0. The van der Waals surface area contributed by atoms with Crippen molar-refractivity contribution in [1.29, 1.82) is 0 Å². The molecule has 0 aliphatic carbocycles. The molecule has 0 fully saturated rings. The number of rotatable bonds is 4. The fourth-order valence-corrected chi connectivity index (χ4v) is 1.58. The number of carbonyl (C=O) groups is 2. The van der Waals surface area contributed by atoms with Gasteiger partial charge in [0, 0.05) is 5.56 Å². The molecule has 0 radical (unpaired) electrons. The first-order valence-corrected chi connectivity index (χ1v) is 5.91. The molecule has 0 aliphatic rings. The highest BCUT2D eigenvalue weighted by Gasteiger charge is 2.09. The second kappa shape index (κ2) is 6.47. The van der Waals surface area contributed by atoms with Crippen molar-refractivity contribution in [1.82, 2.24) is 0 Å². The molecule has 2 rings (SSSR count). The number of hydrogen-bond acceptors (Lipinski definition) is 3. The predicted molar refractivity (Wildman–Crippen MR) is 72.0 cm³/mol. The number of halogens is 1. The maximum atomic E-state index is 13.4. The van der Waals surface area contributed by atoms with Gasteiger partial charge in [0.1, 0.15) is 18.7 Å². The number of anilines is 1. The van der Waals surface area contributed by atoms with Crippen LogP contribution in [0.25, 0.3) is 0 Å². The van der Waals surface area contributed by atoms with Crippen molar-refractivity contribution >= 4 is 18.1 Å². The second-order valence-corrected chi connectivity index (χ2v) is 4.04. The summed E-state index contributed by atoms with van der Waals surface area (Å²) in [5.74, 6) is -0.632. The summed E-state index contributed by atoms with van der Waals surface area (Å²) in [6, 6.07) is 12.8. The summed E-state index contributed by atoms with van der Waals surface area (Å²) in [6.45, 7) is 0.0850. The normalized spacial score (nSPS) is 9.85. The first kappa shape index (κ1) is 13.7. The third kappa shape index (κ3) is 3.65. The van der Waals surface area contributed by atoms with Crippen molar-refractivity contribution in [2.75, 3.05) is 5.32 Å². The summed E-state index contributed by atoms with van der Waals surface area (Å²) in [5.41, 5.74) is 1.00. The molecule has 1 N–H and O–H groups in total. The Morgan fingerprint density at radius 1 is 1.20 bits per heavy atom. The quantitative estimate of drug-likeness (QED) is 0.869. The highest BCUT2D eigenvalue weighted by Crippen LogP contribution is 2.15. The van der Waals surface area contributed by atoms with E-state index in [4.69, 9.17) is 4.74 Å². The van der Waals surface area contributed by atoms with Crippen molar-refractivity contribution in [3.8, 4) is 0 Å². The first-order chi connectivity index (χ1) is 9.69. The summed E-state index contributed by atoms with van der Waals surface area (Å²) < 4.78 is 18.4. The van der Waals surface area contributed by atoms with Crippen molar-refractivity contribution in [3.05, 3.63) is 65.5 Å². The van der Waals surface area contributed by atoms with E-state index in [1.54, 1.807) is 12.1 Å². The first-order valence-electron chi connectivity index (χ1n) is 5.91. The summed E-state index contributed by atoms with van der Waals surface area (Å²) in [6.07, 6.45) is -0.212. The molecule has 1 amide bonds. The number of ether oxygens (including phenoxy) is 1. The fourth-order valence-electron chi connectivity index (χ4n) is 1.58. The summed E-state index contributed by atoms with van der Waals surface area (Å²) in [5, 5.41) is 2.26. The zero-order valence-corrected chi connectivity index (χ0v) is 10.5. The van der Waals surface area contributed by atoms with Crippen molar-refractivity contribution in [2.45, 2.75) is 6.61 Å². The Kier molecular flexibility index (Phi) is 4.44. The standard InChI is InChI=1S/C15H12FNO3/c16-13-7-6-12(9-18)8-14(13)17-15(19)20-10-11-4-2-1-3-5-11/h1-9H,10H2,(H,17,19). The predicted octanol–water partition coefficient (Wildman–Crippen LogP) is 3.39. The van der Waals surface area contributed by atoms with Gasteiger partial charge in [0.05, 0.1) is 5.69 Å². The monoisotopic (exact) mass is 273 g/mol. The molecule has 102 valence electrons. The van der Waals surface area contributed by atoms with E-state index in [9.17, 15) is 14.0 Å². The molecule has 0 saturated carbocycles. The van der Waals surface area contributed by atoms with Gasteiger partial charge in [0.25, 0.3) is 0 Å². The number of carbonyl (C=O) groups excluding carboxylic acids is 2. The van der Waals surface area contributed by atoms with Gasteiger partial charge in [-0.25, -0.2) is 9.18 Å². The van der Waals surface area contributed by atoms with Crippen LogP contribution < -0.4 is 5.32 Å². The Balaban J connectivity index is 1.96. The Labute approximate surface area is 115 Å². The number of nitrogens with one attached hydrogen (secondary N) is 1. The van der Waals surface area contributed by atoms with Gasteiger partial charge in [-0.15, -0.1) is 0 Å². The molecule has 0 aromatic heterocycles. The average Bonchev–Trinajstić information content (AvgIpc) is 2.48. The second-order valence-electron chi connectivity index (χ2n) is 4.04. The third-order valence-electron chi connectivity index (χ3n) is 2.58. The molecule has 0 bridgehead atoms. The number of amides is 1. The van der Waals surface area contributed by atoms with Crippen LogP contribution in [0.15, 0.2) is 48.5 Å². The van der Waals surface area contributed by atoms with E-state index >= 15 is 0 Å². The molecule has 20 heavy (non-hydrogen) atoms. The van der Waals surface area contributed by atoms with Gasteiger partial charge < -0.3 is 4.74 Å². The van der Waals surface area contributed by atoms with Gasteiger partial charge >= 0.3 is 6.09 Å². The van der Waals surface area contributed by atoms with Crippen LogP contribution in [-0.4, -0.2) is 12.4 Å². The minimum Gasteiger partial charge on any atom is -0.444 e. The van der Waals surface area contributed by atoms with Gasteiger partial charge in [-0.05, 0) is 23.8 Å². The van der Waals surface area contributed by atoms with Gasteiger partial charge in [-0.3, -0.25) is 10.1 Å². The van der Waals surface area contributed by atoms with Gasteiger partial charge in [0.15, 0.2) is 0 Å². The van der Waals surface area contributed by atoms with E-state index in [1.165, 1.54) is 12.1 Å². The molecular formula is C15H12FNO3. The molecule has 0 unspecified atom stereocenters. The van der Waals surface area contributed by atoms with Crippen LogP contribution in [0.1, 0.15) is 15.9 Å². The molecule has 0 atom stereocenters. The van der Waals surface area contributed by atoms with Crippen LogP contribution in [0.5, 0.6) is 0 Å². The lowest BCUT2D eigenvalue weighted by Gasteiger charge is -2.08. The number of hydrogen-bond donors (Lipinski definition) is 1. The lowest BCUT2D eigenvalue weighted by atomic mass is 10.2. The minimum absolute atomic E-state index is 0.0850. The van der Waals surface area contributed by atoms with Crippen LogP contribution in [0.4, 0.5) is 14.9 Å². The maximum Gasteiger partial charge on any atom is 0.412 e. The Morgan fingerprint density at radius 3 is 2.65 bits per heavy atom. The molecule has 0 saturated heterocycles. The van der Waals surface area contributed by atoms with E-state index in [2.05, 4.69) is 5.32 Å². The average molecular weight is 273 g/mol. The van der Waals surface area contributed by atoms with Crippen LogP contribution in [0, 0.1) is 5.82 Å². The van der Waals surface area contributed by atoms with Crippen LogP contribution in [0.3, 0.4) is 0 Å². The van der Waals surface area contributed by atoms with Crippen LogP contribution >= 0.6 is 0 Å². The van der Waals surface area contributed by atoms with E-state index in [-0.39, 0.29) is 17.9 Å². The van der Waals surface area contributed by atoms with Gasteiger partial charge in [0.2, 0.25) is 0 Å². The number of aldehydes is 1. The van der Waals surface area contributed by atoms with E-state index in [1.807, 2.05) is 18.2 Å². The third-order valence-corrected chi connectivity index (χ3v) is 2.58. The topological polar surface area (TPSA) is 55.4 Å². The molecule has 2 aromatic carbocycles. The molecule has 0 aliphatic heterocycles. The minimum atomic E-state index is -0.782. The van der Waals surface area contributed by atoms with Crippen LogP contribution in [-0.2, 0) is 11.3 Å². The highest BCUT2D eigenvalue weighted by molar-refractivity contribution is 5.86. The van der Waals surface area contributed by atoms with Gasteiger partial charge in [-0.1, -0.05) is 30.3 Å². The molecule has 0 heterocycles. The van der Waals surface area contributed by atoms with E-state index in [0.717, 1.165) is 11.6 Å². The summed E-state index contributed by atoms with van der Waals surface area (Å²) in [4.78, 5) is 22.1. The van der Waals surface area contributed by atoms with Crippen molar-refractivity contribution < 1.29 is 18.7 Å². The van der Waals surface area contributed by atoms with Gasteiger partial charge in [-0.2, -0.15) is 0 Å². The molecular weight excluding hydrogens is 261 g/mol. The van der Waals surface area contributed by atoms with E-state index in [0.29, 0.717) is 6.29 Å². The lowest BCUT2D eigenvalue weighted by Crippen LogP contribution is -2.14. The van der Waals surface area contributed by atoms with Crippen molar-refractivity contribution in [2.24, 2.45) is 0 Å². The molecule has 0 spiro atoms. The fraction of sp³-hybridized carbons (Fsp3) is 0.0667. The Hall–Kier alpha value is -2.69. The molecule has 4 nitrogen and oxygen atoms in total. The molecule has 2 aromatic rings. The molecule has 5 heteroatoms. The smallest absolute Gasteiger partial charge is 0.412 e. The Morgan fingerprint density at radius 2 is 1.95 bits per heavy atom. The Bertz CT molecular complexity index is 614. The zero-order chi connectivity index (χ0) is 14.4. The maximum absolute atomic E-state index is 13.4. The zero-order valence-electron chi connectivity index (χ0n) is 10.5. The highest BCUT2D eigenvalue weighted by atomic mass is 19.1.